The molecule has 4 aromatic carbocycles. The fraction of sp³-hybridized carbons (Fsp3) is 0.458. The third kappa shape index (κ3) is 12.8. The predicted molar refractivity (Wildman–Crippen MR) is 287 cm³/mol. The molecule has 3 aliphatic rings. The monoisotopic (exact) mass is 1020 g/mol. The lowest BCUT2D eigenvalue weighted by Crippen LogP contribution is -2.52. The maximum absolute atomic E-state index is 14.7. The van der Waals surface area contributed by atoms with E-state index >= 15 is 0 Å². The zero-order chi connectivity index (χ0) is 52.8. The average molecular weight is 1020 g/mol. The first-order chi connectivity index (χ1) is 36.1. The third-order valence-corrected chi connectivity index (χ3v) is 15.7. The summed E-state index contributed by atoms with van der Waals surface area (Å²) in [7, 11) is 0. The van der Waals surface area contributed by atoms with Crippen molar-refractivity contribution in [3.8, 4) is 0 Å². The second-order valence-electron chi connectivity index (χ2n) is 22.2. The molecule has 2 unspecified atom stereocenters. The Labute approximate surface area is 439 Å². The first-order valence-corrected chi connectivity index (χ1v) is 26.9. The number of imidazole rings is 2. The average Bonchev–Trinajstić information content (AvgIpc) is 4.23. The molecule has 2 aromatic heterocycles. The van der Waals surface area contributed by atoms with Crippen LogP contribution in [0.1, 0.15) is 146 Å². The zero-order valence-corrected chi connectivity index (χ0v) is 43.8. The second kappa shape index (κ2) is 23.0. The van der Waals surface area contributed by atoms with Crippen LogP contribution >= 0.6 is 0 Å². The summed E-state index contributed by atoms with van der Waals surface area (Å²) in [6.45, 7) is 11.0. The van der Waals surface area contributed by atoms with Crippen LogP contribution in [0.5, 0.6) is 0 Å². The maximum Gasteiger partial charge on any atom is 0.243 e. The summed E-state index contributed by atoms with van der Waals surface area (Å²) in [6.07, 6.45) is 4.67. The van der Waals surface area contributed by atoms with E-state index in [-0.39, 0.29) is 72.2 Å². The molecule has 6 amide bonds. The maximum atomic E-state index is 14.7. The van der Waals surface area contributed by atoms with Crippen LogP contribution in [0, 0.1) is 23.2 Å². The lowest BCUT2D eigenvalue weighted by atomic mass is 9.75. The highest BCUT2D eigenvalue weighted by atomic mass is 16.2. The molecule has 6 N–H and O–H groups in total. The summed E-state index contributed by atoms with van der Waals surface area (Å²) in [5.74, 6) is -0.525. The lowest BCUT2D eigenvalue weighted by Gasteiger charge is -2.33. The standard InChI is InChI=1S/C59H72N10O6/c1-36-29-42(30-36)56(73)67-48(58(75)61-38(3)55-65-45-23-14-15-24-46(45)66-55)33-53(72)69-35-39(31-50(69)41-19-10-7-11-20-41)34-59(4,5)27-26-51(70)62-47(32-52(71)68-28-16-25-49(68)40-17-8-6-9-18-40)57(74)60-37(2)54-63-43-21-12-13-22-44(43)64-54/h6-15,17-24,36-39,42,47-50H,16,25-35H2,1-5H3,(H,60,74)(H,61,75)(H,62,70)(H,63,64)(H,65,66)(H,67,73)/t36?,37-,38?,39?,42?,47-,48-,49+,50+/m0/s1. The van der Waals surface area contributed by atoms with Gasteiger partial charge in [-0.25, -0.2) is 9.97 Å². The van der Waals surface area contributed by atoms with Crippen molar-refractivity contribution in [1.82, 2.24) is 51.0 Å². The van der Waals surface area contributed by atoms with Crippen LogP contribution in [0.3, 0.4) is 0 Å². The molecule has 9 rings (SSSR count). The molecule has 3 fully saturated rings. The molecule has 2 aliphatic heterocycles. The van der Waals surface area contributed by atoms with Gasteiger partial charge in [-0.3, -0.25) is 28.8 Å². The smallest absolute Gasteiger partial charge is 0.243 e. The number of aromatic nitrogens is 4. The summed E-state index contributed by atoms with van der Waals surface area (Å²) < 4.78 is 0. The number of nitrogens with one attached hydrogen (secondary N) is 6. The Hall–Kier alpha value is -7.36. The highest BCUT2D eigenvalue weighted by molar-refractivity contribution is 5.94. The molecule has 1 saturated carbocycles. The normalized spacial score (nSPS) is 21.2. The van der Waals surface area contributed by atoms with Gasteiger partial charge in [-0.1, -0.05) is 106 Å². The molecular weight excluding hydrogens is 945 g/mol. The minimum absolute atomic E-state index is 0.0533. The molecule has 1 aliphatic carbocycles. The highest BCUT2D eigenvalue weighted by Crippen LogP contribution is 2.43. The van der Waals surface area contributed by atoms with Gasteiger partial charge >= 0.3 is 0 Å². The van der Waals surface area contributed by atoms with E-state index in [0.29, 0.717) is 49.9 Å². The third-order valence-electron chi connectivity index (χ3n) is 15.7. The van der Waals surface area contributed by atoms with Crippen molar-refractivity contribution >= 4 is 57.5 Å². The molecule has 16 nitrogen and oxygen atoms in total. The van der Waals surface area contributed by atoms with Crippen molar-refractivity contribution in [2.45, 2.75) is 135 Å². The number of carbonyl (C=O) groups is 6. The number of fused-ring (bicyclic) bond motifs is 2. The van der Waals surface area contributed by atoms with E-state index in [1.807, 2.05) is 133 Å². The van der Waals surface area contributed by atoms with Crippen molar-refractivity contribution < 1.29 is 28.8 Å². The molecule has 0 radical (unpaired) electrons. The van der Waals surface area contributed by atoms with Gasteiger partial charge in [-0.2, -0.15) is 0 Å². The summed E-state index contributed by atoms with van der Waals surface area (Å²) in [5.41, 5.74) is 4.87. The summed E-state index contributed by atoms with van der Waals surface area (Å²) in [4.78, 5) is 104. The molecule has 0 spiro atoms. The van der Waals surface area contributed by atoms with E-state index in [2.05, 4.69) is 62.0 Å². The second-order valence-corrected chi connectivity index (χ2v) is 22.2. The molecule has 0 bridgehead atoms. The number of likely N-dealkylation sites (tertiary alicyclic amines) is 2. The Bertz CT molecular complexity index is 2920. The van der Waals surface area contributed by atoms with Gasteiger partial charge in [0.05, 0.1) is 59.1 Å². The van der Waals surface area contributed by atoms with Crippen LogP contribution in [0.2, 0.25) is 0 Å². The first kappa shape index (κ1) is 52.5. The predicted octanol–water partition coefficient (Wildman–Crippen LogP) is 8.44. The van der Waals surface area contributed by atoms with E-state index in [9.17, 15) is 28.8 Å². The van der Waals surface area contributed by atoms with Gasteiger partial charge in [-0.05, 0) is 111 Å². The Morgan fingerprint density at radius 3 is 1.69 bits per heavy atom. The number of carbonyl (C=O) groups excluding carboxylic acids is 6. The van der Waals surface area contributed by atoms with Gasteiger partial charge in [0.25, 0.3) is 0 Å². The highest BCUT2D eigenvalue weighted by Gasteiger charge is 2.42. The zero-order valence-electron chi connectivity index (χ0n) is 43.8. The topological polar surface area (TPSA) is 214 Å². The molecule has 394 valence electrons. The van der Waals surface area contributed by atoms with Crippen LogP contribution in [-0.4, -0.2) is 90.4 Å². The number of amides is 6. The van der Waals surface area contributed by atoms with Gasteiger partial charge in [-0.15, -0.1) is 0 Å². The van der Waals surface area contributed by atoms with Crippen LogP contribution in [-0.2, 0) is 28.8 Å². The van der Waals surface area contributed by atoms with E-state index in [1.165, 1.54) is 0 Å². The Morgan fingerprint density at radius 1 is 0.640 bits per heavy atom. The fourth-order valence-electron chi connectivity index (χ4n) is 11.6. The van der Waals surface area contributed by atoms with Crippen LogP contribution in [0.4, 0.5) is 0 Å². The summed E-state index contributed by atoms with van der Waals surface area (Å²) in [5, 5.41) is 12.0. The van der Waals surface area contributed by atoms with E-state index in [0.717, 1.165) is 58.9 Å². The van der Waals surface area contributed by atoms with Crippen LogP contribution in [0.15, 0.2) is 109 Å². The number of aromatic amines is 2. The number of para-hydroxylation sites is 4. The van der Waals surface area contributed by atoms with Crippen molar-refractivity contribution in [3.05, 3.63) is 132 Å². The van der Waals surface area contributed by atoms with E-state index < -0.39 is 36.0 Å². The number of benzene rings is 4. The van der Waals surface area contributed by atoms with Crippen molar-refractivity contribution in [1.29, 1.82) is 0 Å². The van der Waals surface area contributed by atoms with E-state index in [4.69, 9.17) is 0 Å². The van der Waals surface area contributed by atoms with Gasteiger partial charge in [0.15, 0.2) is 0 Å². The minimum Gasteiger partial charge on any atom is -0.345 e. The lowest BCUT2D eigenvalue weighted by molar-refractivity contribution is -0.138. The molecule has 2 saturated heterocycles. The quantitative estimate of drug-likeness (QED) is 0.0436. The van der Waals surface area contributed by atoms with Crippen molar-refractivity contribution in [3.63, 3.8) is 0 Å². The largest absolute Gasteiger partial charge is 0.345 e. The van der Waals surface area contributed by atoms with Crippen molar-refractivity contribution in [2.75, 3.05) is 13.1 Å². The van der Waals surface area contributed by atoms with Gasteiger partial charge in [0, 0.05) is 25.4 Å². The molecule has 6 aromatic rings. The molecular formula is C59H72N10O6. The van der Waals surface area contributed by atoms with Crippen molar-refractivity contribution in [2.24, 2.45) is 23.2 Å². The van der Waals surface area contributed by atoms with E-state index in [1.54, 1.807) is 0 Å². The van der Waals surface area contributed by atoms with Gasteiger partial charge in [0.1, 0.15) is 23.7 Å². The van der Waals surface area contributed by atoms with Crippen LogP contribution in [0.25, 0.3) is 22.1 Å². The number of rotatable bonds is 20. The minimum atomic E-state index is -1.13. The van der Waals surface area contributed by atoms with Gasteiger partial charge in [0.2, 0.25) is 35.4 Å². The van der Waals surface area contributed by atoms with Gasteiger partial charge < -0.3 is 41.0 Å². The summed E-state index contributed by atoms with van der Waals surface area (Å²) in [6, 6.07) is 31.4. The molecule has 7 atom stereocenters. The number of hydrogen-bond donors (Lipinski definition) is 6. The van der Waals surface area contributed by atoms with Crippen LogP contribution < -0.4 is 21.3 Å². The summed E-state index contributed by atoms with van der Waals surface area (Å²) >= 11 is 0. The number of nitrogens with zero attached hydrogens (tertiary/aromatic N) is 4. The molecule has 4 heterocycles. The number of hydrogen-bond acceptors (Lipinski definition) is 8. The molecule has 16 heteroatoms. The first-order valence-electron chi connectivity index (χ1n) is 26.9. The Balaban J connectivity index is 0.858. The number of H-pyrrole nitrogens is 2. The fourth-order valence-corrected chi connectivity index (χ4v) is 11.6. The SMILES string of the molecule is CC1CC(C(=O)N[C@@H](CC(=O)N2CC(CC(C)(C)CCC(=O)N[C@@H](CC(=O)N3CCC[C@@H]3c3ccccc3)C(=O)N[C@@H](C)c3nc4ccccc4[nH]3)C[C@@H]2c2ccccc2)C(=O)NC(C)c2nc3ccccc3[nH]2)C1. The molecule has 75 heavy (non-hydrogen) atoms. The Kier molecular flexibility index (Phi) is 16.1. The Morgan fingerprint density at radius 2 is 1.15 bits per heavy atom.